The van der Waals surface area contributed by atoms with Gasteiger partial charge in [0.15, 0.2) is 0 Å². The molecule has 3 rings (SSSR count). The summed E-state index contributed by atoms with van der Waals surface area (Å²) in [5, 5.41) is 12.6. The number of para-hydroxylation sites is 1. The maximum atomic E-state index is 12.9. The first-order valence-electron chi connectivity index (χ1n) is 9.27. The fourth-order valence-electron chi connectivity index (χ4n) is 3.68. The standard InChI is InChI=1S/C19H27N5OS/c1-13-9-8-10-14(2)17(13)24-19(20-21-22-24)26-15(3)18(25)23(4)16-11-6-5-7-12-16/h8-10,15-16H,5-7,11-12H2,1-4H3/t15-/m0/s1. The average Bonchev–Trinajstić information content (AvgIpc) is 3.08. The van der Waals surface area contributed by atoms with Crippen molar-refractivity contribution >= 4 is 17.7 Å². The van der Waals surface area contributed by atoms with Gasteiger partial charge in [0, 0.05) is 13.1 Å². The van der Waals surface area contributed by atoms with Gasteiger partial charge in [-0.05, 0) is 55.2 Å². The minimum Gasteiger partial charge on any atom is -0.342 e. The van der Waals surface area contributed by atoms with Crippen LogP contribution in [0.25, 0.3) is 5.69 Å². The molecule has 0 aliphatic heterocycles. The molecule has 0 radical (unpaired) electrons. The minimum absolute atomic E-state index is 0.151. The van der Waals surface area contributed by atoms with E-state index in [2.05, 4.69) is 15.5 Å². The molecule has 2 aromatic rings. The van der Waals surface area contributed by atoms with E-state index in [0.29, 0.717) is 11.2 Å². The zero-order valence-electron chi connectivity index (χ0n) is 16.0. The summed E-state index contributed by atoms with van der Waals surface area (Å²) in [5.74, 6) is 0.151. The molecule has 1 saturated carbocycles. The fraction of sp³-hybridized carbons (Fsp3) is 0.579. The molecule has 26 heavy (non-hydrogen) atoms. The van der Waals surface area contributed by atoms with Crippen LogP contribution in [0.2, 0.25) is 0 Å². The second-order valence-electron chi connectivity index (χ2n) is 7.11. The number of amides is 1. The van der Waals surface area contributed by atoms with Crippen LogP contribution in [0.15, 0.2) is 23.4 Å². The number of hydrogen-bond acceptors (Lipinski definition) is 5. The Morgan fingerprint density at radius 2 is 1.88 bits per heavy atom. The van der Waals surface area contributed by atoms with Crippen LogP contribution in [-0.2, 0) is 4.79 Å². The molecule has 1 fully saturated rings. The third kappa shape index (κ3) is 3.92. The maximum Gasteiger partial charge on any atom is 0.235 e. The summed E-state index contributed by atoms with van der Waals surface area (Å²) in [6.45, 7) is 6.03. The molecule has 140 valence electrons. The number of aryl methyl sites for hydroxylation is 2. The van der Waals surface area contributed by atoms with E-state index in [4.69, 9.17) is 0 Å². The van der Waals surface area contributed by atoms with Gasteiger partial charge in [-0.3, -0.25) is 4.79 Å². The third-order valence-electron chi connectivity index (χ3n) is 5.19. The SMILES string of the molecule is Cc1cccc(C)c1-n1nnnc1S[C@@H](C)C(=O)N(C)C1CCCCC1. The smallest absolute Gasteiger partial charge is 0.235 e. The van der Waals surface area contributed by atoms with Crippen molar-refractivity contribution in [2.24, 2.45) is 0 Å². The highest BCUT2D eigenvalue weighted by atomic mass is 32.2. The van der Waals surface area contributed by atoms with E-state index in [1.165, 1.54) is 31.0 Å². The highest BCUT2D eigenvalue weighted by molar-refractivity contribution is 8.00. The maximum absolute atomic E-state index is 12.9. The van der Waals surface area contributed by atoms with E-state index in [1.807, 2.05) is 50.9 Å². The van der Waals surface area contributed by atoms with E-state index >= 15 is 0 Å². The number of thioether (sulfide) groups is 1. The van der Waals surface area contributed by atoms with Gasteiger partial charge in [-0.25, -0.2) is 0 Å². The number of hydrogen-bond donors (Lipinski definition) is 0. The summed E-state index contributed by atoms with van der Waals surface area (Å²) in [5.41, 5.74) is 3.20. The Morgan fingerprint density at radius 1 is 1.23 bits per heavy atom. The summed E-state index contributed by atoms with van der Waals surface area (Å²) < 4.78 is 1.75. The van der Waals surface area contributed by atoms with Crippen molar-refractivity contribution < 1.29 is 4.79 Å². The molecule has 0 N–H and O–H groups in total. The number of carbonyl (C=O) groups is 1. The Hall–Kier alpha value is -1.89. The second-order valence-corrected chi connectivity index (χ2v) is 8.42. The van der Waals surface area contributed by atoms with E-state index in [-0.39, 0.29) is 11.2 Å². The van der Waals surface area contributed by atoms with E-state index < -0.39 is 0 Å². The highest BCUT2D eigenvalue weighted by Gasteiger charge is 2.27. The first-order valence-corrected chi connectivity index (χ1v) is 10.1. The monoisotopic (exact) mass is 373 g/mol. The molecular weight excluding hydrogens is 346 g/mol. The van der Waals surface area contributed by atoms with E-state index in [1.54, 1.807) is 4.68 Å². The van der Waals surface area contributed by atoms with Gasteiger partial charge in [-0.1, -0.05) is 49.2 Å². The van der Waals surface area contributed by atoms with E-state index in [0.717, 1.165) is 29.7 Å². The predicted molar refractivity (Wildman–Crippen MR) is 104 cm³/mol. The van der Waals surface area contributed by atoms with Crippen molar-refractivity contribution in [2.75, 3.05) is 7.05 Å². The molecule has 7 heteroatoms. The number of carbonyl (C=O) groups excluding carboxylic acids is 1. The van der Waals surface area contributed by atoms with Crippen LogP contribution in [0.4, 0.5) is 0 Å². The molecular formula is C19H27N5OS. The lowest BCUT2D eigenvalue weighted by atomic mass is 9.94. The Labute approximate surface area is 159 Å². The molecule has 0 spiro atoms. The first-order chi connectivity index (χ1) is 12.5. The molecule has 0 saturated heterocycles. The number of rotatable bonds is 5. The Balaban J connectivity index is 1.75. The van der Waals surface area contributed by atoms with Gasteiger partial charge < -0.3 is 4.90 Å². The zero-order chi connectivity index (χ0) is 18.7. The van der Waals surface area contributed by atoms with Gasteiger partial charge in [-0.2, -0.15) is 4.68 Å². The van der Waals surface area contributed by atoms with Crippen LogP contribution >= 0.6 is 11.8 Å². The summed E-state index contributed by atoms with van der Waals surface area (Å²) in [4.78, 5) is 14.8. The van der Waals surface area contributed by atoms with E-state index in [9.17, 15) is 4.79 Å². The summed E-state index contributed by atoms with van der Waals surface area (Å²) in [6.07, 6.45) is 5.94. The van der Waals surface area contributed by atoms with Gasteiger partial charge in [-0.15, -0.1) is 5.10 Å². The molecule has 1 heterocycles. The number of tetrazole rings is 1. The van der Waals surface area contributed by atoms with Crippen LogP contribution < -0.4 is 0 Å². The Morgan fingerprint density at radius 3 is 2.54 bits per heavy atom. The van der Waals surface area contributed by atoms with Crippen LogP contribution in [-0.4, -0.2) is 49.4 Å². The number of aromatic nitrogens is 4. The molecule has 1 amide bonds. The van der Waals surface area contributed by atoms with Gasteiger partial charge in [0.25, 0.3) is 0 Å². The van der Waals surface area contributed by atoms with Crippen molar-refractivity contribution in [1.29, 1.82) is 0 Å². The predicted octanol–water partition coefficient (Wildman–Crippen LogP) is 3.55. The lowest BCUT2D eigenvalue weighted by Crippen LogP contribution is -2.42. The molecule has 1 aliphatic carbocycles. The molecule has 1 aromatic carbocycles. The topological polar surface area (TPSA) is 63.9 Å². The fourth-order valence-corrected chi connectivity index (χ4v) is 4.57. The highest BCUT2D eigenvalue weighted by Crippen LogP contribution is 2.28. The Bertz CT molecular complexity index is 749. The van der Waals surface area contributed by atoms with Crippen molar-refractivity contribution in [2.45, 2.75) is 69.3 Å². The number of benzene rings is 1. The van der Waals surface area contributed by atoms with Gasteiger partial charge in [0.05, 0.1) is 10.9 Å². The normalized spacial score (nSPS) is 16.5. The molecule has 1 aromatic heterocycles. The summed E-state index contributed by atoms with van der Waals surface area (Å²) in [6, 6.07) is 6.48. The molecule has 0 bridgehead atoms. The van der Waals surface area contributed by atoms with Crippen molar-refractivity contribution in [3.63, 3.8) is 0 Å². The van der Waals surface area contributed by atoms with Crippen LogP contribution in [0.3, 0.4) is 0 Å². The molecule has 1 atom stereocenters. The lowest BCUT2D eigenvalue weighted by Gasteiger charge is -2.32. The minimum atomic E-state index is -0.226. The van der Waals surface area contributed by atoms with Crippen molar-refractivity contribution in [1.82, 2.24) is 25.1 Å². The lowest BCUT2D eigenvalue weighted by molar-refractivity contribution is -0.131. The second kappa shape index (κ2) is 8.20. The van der Waals surface area contributed by atoms with Crippen LogP contribution in [0.5, 0.6) is 0 Å². The third-order valence-corrected chi connectivity index (χ3v) is 6.21. The summed E-state index contributed by atoms with van der Waals surface area (Å²) in [7, 11) is 1.93. The first kappa shape index (κ1) is 18.9. The molecule has 6 nitrogen and oxygen atoms in total. The average molecular weight is 374 g/mol. The Kier molecular flexibility index (Phi) is 5.96. The molecule has 0 unspecified atom stereocenters. The van der Waals surface area contributed by atoms with Crippen molar-refractivity contribution in [3.8, 4) is 5.69 Å². The van der Waals surface area contributed by atoms with Crippen LogP contribution in [0, 0.1) is 13.8 Å². The zero-order valence-corrected chi connectivity index (χ0v) is 16.8. The van der Waals surface area contributed by atoms with Gasteiger partial charge >= 0.3 is 0 Å². The van der Waals surface area contributed by atoms with Crippen LogP contribution in [0.1, 0.15) is 50.2 Å². The molecule has 1 aliphatic rings. The van der Waals surface area contributed by atoms with Gasteiger partial charge in [0.1, 0.15) is 0 Å². The quantitative estimate of drug-likeness (QED) is 0.750. The van der Waals surface area contributed by atoms with Gasteiger partial charge in [0.2, 0.25) is 11.1 Å². The summed E-state index contributed by atoms with van der Waals surface area (Å²) >= 11 is 1.43. The number of nitrogens with zero attached hydrogens (tertiary/aromatic N) is 5. The van der Waals surface area contributed by atoms with Crippen molar-refractivity contribution in [3.05, 3.63) is 29.3 Å². The largest absolute Gasteiger partial charge is 0.342 e.